The minimum absolute atomic E-state index is 0.0342. The van der Waals surface area contributed by atoms with E-state index in [2.05, 4.69) is 0 Å². The van der Waals surface area contributed by atoms with E-state index < -0.39 is 0 Å². The molecule has 0 aliphatic carbocycles. The van der Waals surface area contributed by atoms with Gasteiger partial charge in [-0.3, -0.25) is 0 Å². The Labute approximate surface area is 147 Å². The predicted molar refractivity (Wildman–Crippen MR) is 102 cm³/mol. The largest absolute Gasteiger partial charge is 0.494 e. The Kier molecular flexibility index (Phi) is 6.32. The molecule has 0 bridgehead atoms. The number of nitrogens with zero attached hydrogens (tertiary/aromatic N) is 1. The number of anilines is 4. The quantitative estimate of drug-likeness (QED) is 0.450. The molecule has 136 valence electrons. The summed E-state index contributed by atoms with van der Waals surface area (Å²) in [7, 11) is 1.54. The first-order chi connectivity index (χ1) is 12.0. The van der Waals surface area contributed by atoms with Crippen LogP contribution in [0.2, 0.25) is 0 Å². The van der Waals surface area contributed by atoms with Crippen molar-refractivity contribution < 1.29 is 14.9 Å². The van der Waals surface area contributed by atoms with Gasteiger partial charge in [-0.25, -0.2) is 0 Å². The Balaban J connectivity index is 2.47. The second-order valence-electron chi connectivity index (χ2n) is 5.76. The number of hydrogen-bond donors (Lipinski definition) is 5. The van der Waals surface area contributed by atoms with Crippen LogP contribution in [0, 0.1) is 0 Å². The van der Waals surface area contributed by atoms with Gasteiger partial charge in [0.25, 0.3) is 0 Å². The summed E-state index contributed by atoms with van der Waals surface area (Å²) in [5.74, 6) is 0.537. The molecule has 0 radical (unpaired) electrons. The predicted octanol–water partition coefficient (Wildman–Crippen LogP) is 0.975. The maximum atomic E-state index is 9.50. The van der Waals surface area contributed by atoms with Gasteiger partial charge in [0.05, 0.1) is 19.4 Å². The molecule has 7 nitrogen and oxygen atoms in total. The number of nitrogen functional groups attached to an aromatic ring is 3. The number of nitrogens with two attached hydrogens (primary N) is 3. The van der Waals surface area contributed by atoms with E-state index in [0.29, 0.717) is 42.3 Å². The second kappa shape index (κ2) is 8.46. The number of rotatable bonds is 8. The van der Waals surface area contributed by atoms with E-state index >= 15 is 0 Å². The molecule has 2 aromatic rings. The number of methoxy groups -OCH3 is 1. The minimum atomic E-state index is -0.0415. The van der Waals surface area contributed by atoms with Crippen LogP contribution in [0.1, 0.15) is 11.1 Å². The van der Waals surface area contributed by atoms with Crippen molar-refractivity contribution >= 4 is 22.7 Å². The number of hydrogen-bond acceptors (Lipinski definition) is 7. The number of aliphatic hydroxyl groups is 2. The molecule has 0 aromatic heterocycles. The van der Waals surface area contributed by atoms with E-state index in [0.717, 1.165) is 16.8 Å². The van der Waals surface area contributed by atoms with Crippen molar-refractivity contribution in [2.75, 3.05) is 49.0 Å². The fourth-order valence-electron chi connectivity index (χ4n) is 2.90. The fourth-order valence-corrected chi connectivity index (χ4v) is 2.90. The van der Waals surface area contributed by atoms with Crippen LogP contribution in [0.15, 0.2) is 30.3 Å². The molecule has 0 spiro atoms. The number of aliphatic hydroxyl groups excluding tert-OH is 2. The molecular formula is C18H26N4O3. The molecule has 0 saturated carbocycles. The summed E-state index contributed by atoms with van der Waals surface area (Å²) in [5, 5.41) is 18.9. The Hall–Kier alpha value is -2.64. The van der Waals surface area contributed by atoms with Crippen molar-refractivity contribution in [1.29, 1.82) is 0 Å². The van der Waals surface area contributed by atoms with E-state index in [1.807, 2.05) is 17.0 Å². The summed E-state index contributed by atoms with van der Waals surface area (Å²) >= 11 is 0. The van der Waals surface area contributed by atoms with Crippen LogP contribution in [0.3, 0.4) is 0 Å². The molecule has 25 heavy (non-hydrogen) atoms. The van der Waals surface area contributed by atoms with Crippen LogP contribution in [-0.4, -0.2) is 37.1 Å². The monoisotopic (exact) mass is 346 g/mol. The van der Waals surface area contributed by atoms with Crippen LogP contribution in [0.5, 0.6) is 5.75 Å². The molecule has 0 unspecified atom stereocenters. The maximum Gasteiger partial charge on any atom is 0.147 e. The van der Waals surface area contributed by atoms with E-state index in [4.69, 9.17) is 21.9 Å². The maximum absolute atomic E-state index is 9.50. The van der Waals surface area contributed by atoms with Crippen molar-refractivity contribution in [1.82, 2.24) is 0 Å². The average Bonchev–Trinajstić information content (AvgIpc) is 2.58. The van der Waals surface area contributed by atoms with E-state index in [-0.39, 0.29) is 13.2 Å². The molecule has 0 amide bonds. The smallest absolute Gasteiger partial charge is 0.147 e. The van der Waals surface area contributed by atoms with Crippen molar-refractivity contribution in [3.05, 3.63) is 41.5 Å². The van der Waals surface area contributed by atoms with Crippen molar-refractivity contribution in [3.63, 3.8) is 0 Å². The highest BCUT2D eigenvalue weighted by Gasteiger charge is 2.18. The summed E-state index contributed by atoms with van der Waals surface area (Å²) in [6.07, 6.45) is 0.387. The van der Waals surface area contributed by atoms with Gasteiger partial charge in [-0.05, 0) is 35.9 Å². The van der Waals surface area contributed by atoms with Gasteiger partial charge in [-0.15, -0.1) is 0 Å². The molecule has 0 saturated heterocycles. The lowest BCUT2D eigenvalue weighted by Gasteiger charge is -2.28. The zero-order valence-corrected chi connectivity index (χ0v) is 14.4. The normalized spacial score (nSPS) is 10.7. The Morgan fingerprint density at radius 1 is 1.00 bits per heavy atom. The van der Waals surface area contributed by atoms with Crippen LogP contribution < -0.4 is 26.8 Å². The Bertz CT molecular complexity index is 722. The third kappa shape index (κ3) is 4.26. The summed E-state index contributed by atoms with van der Waals surface area (Å²) < 4.78 is 5.42. The van der Waals surface area contributed by atoms with Gasteiger partial charge < -0.3 is 37.1 Å². The van der Waals surface area contributed by atoms with Crippen LogP contribution in [0.4, 0.5) is 22.7 Å². The van der Waals surface area contributed by atoms with Crippen molar-refractivity contribution in [3.8, 4) is 5.75 Å². The van der Waals surface area contributed by atoms with Gasteiger partial charge >= 0.3 is 0 Å². The first kappa shape index (κ1) is 18.7. The highest BCUT2D eigenvalue weighted by atomic mass is 16.5. The van der Waals surface area contributed by atoms with Gasteiger partial charge in [0.15, 0.2) is 0 Å². The van der Waals surface area contributed by atoms with Crippen LogP contribution in [-0.2, 0) is 13.0 Å². The molecule has 0 aliphatic heterocycles. The zero-order valence-electron chi connectivity index (χ0n) is 14.4. The van der Waals surface area contributed by atoms with E-state index in [9.17, 15) is 10.2 Å². The molecule has 0 fully saturated rings. The average molecular weight is 346 g/mol. The third-order valence-corrected chi connectivity index (χ3v) is 4.07. The standard InChI is InChI=1S/C18H26N4O3/c1-25-18-14(6-8-23)17(5-4-16(18)21)22(7-9-24)11-12-10-13(19)2-3-15(12)20/h2-5,10,23-24H,6-9,11,19-21H2,1H3. The molecule has 2 rings (SSSR count). The van der Waals surface area contributed by atoms with Gasteiger partial charge in [-0.2, -0.15) is 0 Å². The SMILES string of the molecule is COc1c(N)ccc(N(CCO)Cc2cc(N)ccc2N)c1CCO. The molecular weight excluding hydrogens is 320 g/mol. The first-order valence-corrected chi connectivity index (χ1v) is 8.07. The lowest BCUT2D eigenvalue weighted by atomic mass is 10.0. The lowest BCUT2D eigenvalue weighted by molar-refractivity contribution is 0.295. The molecule has 2 aromatic carbocycles. The van der Waals surface area contributed by atoms with E-state index in [1.54, 1.807) is 25.3 Å². The third-order valence-electron chi connectivity index (χ3n) is 4.07. The molecule has 8 N–H and O–H groups in total. The minimum Gasteiger partial charge on any atom is -0.494 e. The molecule has 0 atom stereocenters. The molecule has 7 heteroatoms. The number of ether oxygens (including phenoxy) is 1. The fraction of sp³-hybridized carbons (Fsp3) is 0.333. The van der Waals surface area contributed by atoms with Crippen LogP contribution >= 0.6 is 0 Å². The summed E-state index contributed by atoms with van der Waals surface area (Å²) in [6.45, 7) is 0.774. The van der Waals surface area contributed by atoms with Gasteiger partial charge in [-0.1, -0.05) is 0 Å². The summed E-state index contributed by atoms with van der Waals surface area (Å²) in [6, 6.07) is 8.95. The summed E-state index contributed by atoms with van der Waals surface area (Å²) in [4.78, 5) is 1.97. The van der Waals surface area contributed by atoms with Gasteiger partial charge in [0, 0.05) is 48.7 Å². The first-order valence-electron chi connectivity index (χ1n) is 8.07. The zero-order chi connectivity index (χ0) is 18.4. The lowest BCUT2D eigenvalue weighted by Crippen LogP contribution is -2.28. The second-order valence-corrected chi connectivity index (χ2v) is 5.76. The highest BCUT2D eigenvalue weighted by molar-refractivity contribution is 5.70. The van der Waals surface area contributed by atoms with Crippen LogP contribution in [0.25, 0.3) is 0 Å². The van der Waals surface area contributed by atoms with Crippen molar-refractivity contribution in [2.24, 2.45) is 0 Å². The molecule has 0 aliphatic rings. The number of benzene rings is 2. The topological polar surface area (TPSA) is 131 Å². The summed E-state index contributed by atoms with van der Waals surface area (Å²) in [5.41, 5.74) is 22.2. The molecule has 0 heterocycles. The highest BCUT2D eigenvalue weighted by Crippen LogP contribution is 2.36. The Morgan fingerprint density at radius 3 is 2.36 bits per heavy atom. The van der Waals surface area contributed by atoms with E-state index in [1.165, 1.54) is 0 Å². The van der Waals surface area contributed by atoms with Gasteiger partial charge in [0.1, 0.15) is 5.75 Å². The van der Waals surface area contributed by atoms with Gasteiger partial charge in [0.2, 0.25) is 0 Å². The van der Waals surface area contributed by atoms with Crippen molar-refractivity contribution in [2.45, 2.75) is 13.0 Å². The Morgan fingerprint density at radius 2 is 1.72 bits per heavy atom.